The van der Waals surface area contributed by atoms with E-state index < -0.39 is 8.07 Å². The van der Waals surface area contributed by atoms with Crippen LogP contribution in [-0.2, 0) is 9.53 Å². The molecule has 1 fully saturated rings. The number of carbonyl (C=O) groups excluding carboxylic acids is 1. The molecular formula is C14H21NO2Si. The van der Waals surface area contributed by atoms with Crippen LogP contribution in [0.15, 0.2) is 30.3 Å². The Hall–Kier alpha value is -1.29. The lowest BCUT2D eigenvalue weighted by Gasteiger charge is -2.15. The third-order valence-electron chi connectivity index (χ3n) is 3.28. The van der Waals surface area contributed by atoms with Crippen molar-refractivity contribution in [2.24, 2.45) is 0 Å². The second kappa shape index (κ2) is 4.76. The minimum absolute atomic E-state index is 0.0704. The van der Waals surface area contributed by atoms with E-state index in [4.69, 9.17) is 4.74 Å². The van der Waals surface area contributed by atoms with Crippen LogP contribution in [0.3, 0.4) is 0 Å². The number of nitrogens with zero attached hydrogens (tertiary/aromatic N) is 1. The van der Waals surface area contributed by atoms with Crippen molar-refractivity contribution < 1.29 is 9.53 Å². The molecule has 18 heavy (non-hydrogen) atoms. The first-order valence-corrected chi connectivity index (χ1v) is 10.0. The Balaban J connectivity index is 2.21. The molecule has 1 aliphatic heterocycles. The zero-order valence-corrected chi connectivity index (χ0v) is 12.5. The molecule has 3 nitrogen and oxygen atoms in total. The highest BCUT2D eigenvalue weighted by atomic mass is 28.3. The first-order chi connectivity index (χ1) is 8.46. The minimum Gasteiger partial charge on any atom is -0.464 e. The van der Waals surface area contributed by atoms with E-state index in [1.165, 1.54) is 0 Å². The van der Waals surface area contributed by atoms with Crippen LogP contribution in [0.2, 0.25) is 19.6 Å². The van der Waals surface area contributed by atoms with Crippen molar-refractivity contribution in [3.05, 3.63) is 30.3 Å². The van der Waals surface area contributed by atoms with Crippen LogP contribution in [0, 0.1) is 0 Å². The van der Waals surface area contributed by atoms with Gasteiger partial charge in [0.2, 0.25) is 0 Å². The van der Waals surface area contributed by atoms with E-state index in [0.29, 0.717) is 12.3 Å². The van der Waals surface area contributed by atoms with Gasteiger partial charge >= 0.3 is 5.97 Å². The quantitative estimate of drug-likeness (QED) is 0.475. The number of esters is 1. The highest BCUT2D eigenvalue weighted by Gasteiger charge is 2.59. The number of anilines is 1. The molecule has 2 rings (SSSR count). The highest BCUT2D eigenvalue weighted by molar-refractivity contribution is 6.80. The van der Waals surface area contributed by atoms with Gasteiger partial charge in [-0.25, -0.2) is 4.79 Å². The maximum atomic E-state index is 12.0. The monoisotopic (exact) mass is 263 g/mol. The number of ether oxygens (including phenoxy) is 1. The molecule has 4 heteroatoms. The van der Waals surface area contributed by atoms with E-state index >= 15 is 0 Å². The fourth-order valence-corrected chi connectivity index (χ4v) is 4.82. The Morgan fingerprint density at radius 2 is 1.89 bits per heavy atom. The lowest BCUT2D eigenvalue weighted by Crippen LogP contribution is -2.33. The van der Waals surface area contributed by atoms with Crippen LogP contribution in [-0.4, -0.2) is 32.4 Å². The summed E-state index contributed by atoms with van der Waals surface area (Å²) in [5, 5.41) is 0. The first-order valence-electron chi connectivity index (χ1n) is 6.47. The van der Waals surface area contributed by atoms with Gasteiger partial charge in [-0.05, 0) is 19.1 Å². The van der Waals surface area contributed by atoms with Gasteiger partial charge in [0, 0.05) is 5.69 Å². The smallest absolute Gasteiger partial charge is 0.330 e. The molecule has 0 saturated carbocycles. The Morgan fingerprint density at radius 1 is 1.28 bits per heavy atom. The molecule has 0 N–H and O–H groups in total. The van der Waals surface area contributed by atoms with Crippen molar-refractivity contribution in [3.8, 4) is 0 Å². The molecule has 1 saturated heterocycles. The van der Waals surface area contributed by atoms with Crippen LogP contribution in [0.25, 0.3) is 0 Å². The summed E-state index contributed by atoms with van der Waals surface area (Å²) in [6, 6.07) is 10.1. The van der Waals surface area contributed by atoms with Gasteiger partial charge < -0.3 is 9.64 Å². The molecule has 2 atom stereocenters. The molecule has 1 heterocycles. The van der Waals surface area contributed by atoms with Crippen LogP contribution in [0.4, 0.5) is 5.69 Å². The topological polar surface area (TPSA) is 29.3 Å². The second-order valence-corrected chi connectivity index (χ2v) is 11.1. The number of hydrogen-bond donors (Lipinski definition) is 0. The van der Waals surface area contributed by atoms with Crippen molar-refractivity contribution in [2.75, 3.05) is 11.5 Å². The summed E-state index contributed by atoms with van der Waals surface area (Å²) in [6.45, 7) is 9.21. The van der Waals surface area contributed by atoms with Gasteiger partial charge in [-0.1, -0.05) is 37.8 Å². The standard InChI is InChI=1S/C14H21NO2Si/c1-5-17-14(16)12-13(18(2,3)4)15(12)11-9-7-6-8-10-11/h6-10,12-13H,5H2,1-4H3/t12-,13+,15?/m0/s1. The fourth-order valence-electron chi connectivity index (χ4n) is 2.51. The van der Waals surface area contributed by atoms with Crippen molar-refractivity contribution in [2.45, 2.75) is 38.3 Å². The summed E-state index contributed by atoms with van der Waals surface area (Å²) in [6.07, 6.45) is 0. The number of hydrogen-bond acceptors (Lipinski definition) is 3. The third kappa shape index (κ3) is 2.43. The normalized spacial score (nSPS) is 22.8. The fraction of sp³-hybridized carbons (Fsp3) is 0.500. The molecule has 0 amide bonds. The summed E-state index contributed by atoms with van der Waals surface area (Å²) in [5.74, 6) is -0.0752. The average Bonchev–Trinajstić information content (AvgIpc) is 3.05. The van der Waals surface area contributed by atoms with Gasteiger partial charge in [-0.2, -0.15) is 0 Å². The van der Waals surface area contributed by atoms with Crippen LogP contribution in [0.5, 0.6) is 0 Å². The Labute approximate surface area is 110 Å². The largest absolute Gasteiger partial charge is 0.464 e. The van der Waals surface area contributed by atoms with Crippen LogP contribution >= 0.6 is 0 Å². The van der Waals surface area contributed by atoms with Gasteiger partial charge in [0.05, 0.1) is 20.3 Å². The first kappa shape index (κ1) is 13.1. The van der Waals surface area contributed by atoms with Crippen LogP contribution < -0.4 is 4.90 Å². The summed E-state index contributed by atoms with van der Waals surface area (Å²) in [4.78, 5) is 14.2. The van der Waals surface area contributed by atoms with E-state index in [1.54, 1.807) is 0 Å². The van der Waals surface area contributed by atoms with E-state index in [2.05, 4.69) is 36.7 Å². The Kier molecular flexibility index (Phi) is 3.48. The molecule has 0 radical (unpaired) electrons. The molecule has 1 aromatic rings. The average molecular weight is 263 g/mol. The summed E-state index contributed by atoms with van der Waals surface area (Å²) in [7, 11) is -1.40. The van der Waals surface area contributed by atoms with Gasteiger partial charge in [0.15, 0.2) is 0 Å². The Morgan fingerprint density at radius 3 is 2.39 bits per heavy atom. The number of rotatable bonds is 4. The van der Waals surface area contributed by atoms with Crippen LogP contribution in [0.1, 0.15) is 6.92 Å². The predicted octanol–water partition coefficient (Wildman–Crippen LogP) is 2.68. The zero-order chi connectivity index (χ0) is 13.3. The van der Waals surface area contributed by atoms with Gasteiger partial charge in [-0.3, -0.25) is 0 Å². The predicted molar refractivity (Wildman–Crippen MR) is 76.5 cm³/mol. The molecule has 1 aliphatic rings. The van der Waals surface area contributed by atoms with E-state index in [9.17, 15) is 4.79 Å². The molecule has 0 aliphatic carbocycles. The number of benzene rings is 1. The summed E-state index contributed by atoms with van der Waals surface area (Å²) >= 11 is 0. The van der Waals surface area contributed by atoms with Crippen molar-refractivity contribution >= 4 is 19.7 Å². The zero-order valence-electron chi connectivity index (χ0n) is 11.5. The highest BCUT2D eigenvalue weighted by Crippen LogP contribution is 2.41. The third-order valence-corrected chi connectivity index (χ3v) is 5.65. The molecule has 0 spiro atoms. The lowest BCUT2D eigenvalue weighted by molar-refractivity contribution is -0.142. The van der Waals surface area contributed by atoms with E-state index in [0.717, 1.165) is 5.69 Å². The Bertz CT molecular complexity index is 427. The van der Waals surface area contributed by atoms with Gasteiger partial charge in [0.1, 0.15) is 6.04 Å². The van der Waals surface area contributed by atoms with Gasteiger partial charge in [0.25, 0.3) is 0 Å². The van der Waals surface area contributed by atoms with E-state index in [1.807, 2.05) is 25.1 Å². The second-order valence-electron chi connectivity index (χ2n) is 5.75. The number of carbonyl (C=O) groups is 1. The summed E-state index contributed by atoms with van der Waals surface area (Å²) in [5.41, 5.74) is 1.49. The molecule has 0 unspecified atom stereocenters. The lowest BCUT2D eigenvalue weighted by atomic mass is 10.3. The molecule has 98 valence electrons. The maximum absolute atomic E-state index is 12.0. The summed E-state index contributed by atoms with van der Waals surface area (Å²) < 4.78 is 5.18. The van der Waals surface area contributed by atoms with Crippen molar-refractivity contribution in [3.63, 3.8) is 0 Å². The molecular weight excluding hydrogens is 242 g/mol. The maximum Gasteiger partial charge on any atom is 0.330 e. The molecule has 0 aromatic heterocycles. The molecule has 0 bridgehead atoms. The van der Waals surface area contributed by atoms with E-state index in [-0.39, 0.29) is 12.0 Å². The number of para-hydroxylation sites is 1. The molecule has 1 aromatic carbocycles. The van der Waals surface area contributed by atoms with Gasteiger partial charge in [-0.15, -0.1) is 0 Å². The minimum atomic E-state index is -1.40. The van der Waals surface area contributed by atoms with Crippen molar-refractivity contribution in [1.29, 1.82) is 0 Å². The SMILES string of the molecule is CCOC(=O)[C@@H]1[C@@H]([Si](C)(C)C)N1c1ccccc1. The van der Waals surface area contributed by atoms with Crippen molar-refractivity contribution in [1.82, 2.24) is 0 Å².